The van der Waals surface area contributed by atoms with Crippen molar-refractivity contribution in [1.82, 2.24) is 19.8 Å². The van der Waals surface area contributed by atoms with Crippen LogP contribution in [0.4, 0.5) is 0 Å². The molecular formula is C18H19ClN4O2. The minimum absolute atomic E-state index is 0.126. The number of fused-ring (bicyclic) bond motifs is 1. The fourth-order valence-electron chi connectivity index (χ4n) is 3.42. The first-order valence-electron chi connectivity index (χ1n) is 8.24. The van der Waals surface area contributed by atoms with Gasteiger partial charge in [0.25, 0.3) is 5.91 Å². The predicted molar refractivity (Wildman–Crippen MR) is 95.8 cm³/mol. The maximum absolute atomic E-state index is 13.2. The molecule has 4 rings (SSSR count). The maximum atomic E-state index is 13.2. The van der Waals surface area contributed by atoms with Gasteiger partial charge in [0.1, 0.15) is 11.9 Å². The highest BCUT2D eigenvalue weighted by Gasteiger charge is 2.33. The summed E-state index contributed by atoms with van der Waals surface area (Å²) in [4.78, 5) is 19.5. The van der Waals surface area contributed by atoms with Crippen molar-refractivity contribution in [2.24, 2.45) is 7.05 Å². The van der Waals surface area contributed by atoms with Crippen molar-refractivity contribution >= 4 is 28.5 Å². The predicted octanol–water partition coefficient (Wildman–Crippen LogP) is 2.91. The smallest absolute Gasteiger partial charge is 0.290 e. The van der Waals surface area contributed by atoms with Crippen LogP contribution in [-0.4, -0.2) is 40.0 Å². The quantitative estimate of drug-likeness (QED) is 0.765. The Balaban J connectivity index is 1.75. The largest absolute Gasteiger partial charge is 0.449 e. The van der Waals surface area contributed by atoms with Gasteiger partial charge in [-0.05, 0) is 13.0 Å². The Bertz CT molecular complexity index is 946. The summed E-state index contributed by atoms with van der Waals surface area (Å²) < 4.78 is 7.81. The molecule has 7 heteroatoms. The number of furan rings is 1. The fourth-order valence-corrected chi connectivity index (χ4v) is 3.63. The number of rotatable bonds is 2. The van der Waals surface area contributed by atoms with Gasteiger partial charge in [-0.15, -0.1) is 0 Å². The summed E-state index contributed by atoms with van der Waals surface area (Å²) in [6, 6.07) is 5.42. The molecule has 1 aromatic carbocycles. The lowest BCUT2D eigenvalue weighted by Gasteiger charge is -2.35. The summed E-state index contributed by atoms with van der Waals surface area (Å²) in [5.41, 5.74) is 1.38. The van der Waals surface area contributed by atoms with Crippen molar-refractivity contribution in [3.63, 3.8) is 0 Å². The van der Waals surface area contributed by atoms with E-state index in [0.717, 1.165) is 23.3 Å². The molecule has 1 aliphatic heterocycles. The lowest BCUT2D eigenvalue weighted by Crippen LogP contribution is -2.49. The van der Waals surface area contributed by atoms with Gasteiger partial charge in [0.05, 0.1) is 5.02 Å². The zero-order valence-corrected chi connectivity index (χ0v) is 14.9. The Morgan fingerprint density at radius 2 is 2.28 bits per heavy atom. The number of amides is 1. The number of para-hydroxylation sites is 1. The number of aromatic nitrogens is 2. The van der Waals surface area contributed by atoms with Crippen molar-refractivity contribution in [3.8, 4) is 0 Å². The number of hydrogen-bond donors (Lipinski definition) is 1. The molecule has 1 aliphatic rings. The molecule has 1 atom stereocenters. The third-order valence-electron chi connectivity index (χ3n) is 4.77. The molecule has 0 spiro atoms. The number of carbonyl (C=O) groups excluding carboxylic acids is 1. The van der Waals surface area contributed by atoms with Crippen LogP contribution in [0.5, 0.6) is 0 Å². The summed E-state index contributed by atoms with van der Waals surface area (Å²) >= 11 is 6.22. The van der Waals surface area contributed by atoms with E-state index < -0.39 is 0 Å². The number of carbonyl (C=O) groups is 1. The molecule has 0 bridgehead atoms. The lowest BCUT2D eigenvalue weighted by molar-refractivity contribution is 0.0589. The molecule has 1 unspecified atom stereocenters. The monoisotopic (exact) mass is 358 g/mol. The molecule has 6 nitrogen and oxygen atoms in total. The van der Waals surface area contributed by atoms with E-state index in [1.807, 2.05) is 41.8 Å². The zero-order valence-electron chi connectivity index (χ0n) is 14.1. The van der Waals surface area contributed by atoms with Gasteiger partial charge >= 0.3 is 0 Å². The van der Waals surface area contributed by atoms with E-state index >= 15 is 0 Å². The molecule has 1 N–H and O–H groups in total. The van der Waals surface area contributed by atoms with Crippen LogP contribution in [-0.2, 0) is 7.05 Å². The van der Waals surface area contributed by atoms with Gasteiger partial charge in [-0.25, -0.2) is 4.98 Å². The minimum atomic E-state index is -0.135. The Morgan fingerprint density at radius 1 is 1.44 bits per heavy atom. The number of nitrogens with one attached hydrogen (secondary N) is 1. The Hall–Kier alpha value is -2.31. The number of hydrogen-bond acceptors (Lipinski definition) is 4. The molecule has 130 valence electrons. The standard InChI is InChI=1S/C18H19ClN4O2/c1-11-12-4-3-5-13(19)16(12)25-15(11)18(24)23-9-6-20-10-14(23)17-21-7-8-22(17)2/h3-5,7-8,14,20H,6,9-10H2,1-2H3. The van der Waals surface area contributed by atoms with Gasteiger partial charge in [0, 0.05) is 50.0 Å². The molecule has 25 heavy (non-hydrogen) atoms. The van der Waals surface area contributed by atoms with Gasteiger partial charge in [0.2, 0.25) is 0 Å². The topological polar surface area (TPSA) is 63.3 Å². The summed E-state index contributed by atoms with van der Waals surface area (Å²) in [7, 11) is 1.94. The average molecular weight is 359 g/mol. The highest BCUT2D eigenvalue weighted by molar-refractivity contribution is 6.35. The summed E-state index contributed by atoms with van der Waals surface area (Å²) in [5, 5.41) is 4.73. The van der Waals surface area contributed by atoms with Crippen LogP contribution >= 0.6 is 11.6 Å². The SMILES string of the molecule is Cc1c(C(=O)N2CCNCC2c2nccn2C)oc2c(Cl)cccc12. The molecule has 1 amide bonds. The average Bonchev–Trinajstić information content (AvgIpc) is 3.19. The van der Waals surface area contributed by atoms with E-state index in [9.17, 15) is 4.79 Å². The number of imidazole rings is 1. The van der Waals surface area contributed by atoms with Crippen molar-refractivity contribution < 1.29 is 9.21 Å². The fraction of sp³-hybridized carbons (Fsp3) is 0.333. The number of piperazine rings is 1. The maximum Gasteiger partial charge on any atom is 0.290 e. The molecule has 3 heterocycles. The van der Waals surface area contributed by atoms with Crippen molar-refractivity contribution in [1.29, 1.82) is 0 Å². The molecule has 1 saturated heterocycles. The number of halogens is 1. The minimum Gasteiger partial charge on any atom is -0.449 e. The third kappa shape index (κ3) is 2.62. The Morgan fingerprint density at radius 3 is 3.00 bits per heavy atom. The van der Waals surface area contributed by atoms with Crippen molar-refractivity contribution in [2.45, 2.75) is 13.0 Å². The molecule has 1 fully saturated rings. The first-order valence-corrected chi connectivity index (χ1v) is 8.62. The van der Waals surface area contributed by atoms with Crippen LogP contribution in [0.3, 0.4) is 0 Å². The number of benzene rings is 1. The Labute approximate surface area is 150 Å². The van der Waals surface area contributed by atoms with Crippen LogP contribution in [0.2, 0.25) is 5.02 Å². The summed E-state index contributed by atoms with van der Waals surface area (Å²) in [6.07, 6.45) is 3.64. The first-order chi connectivity index (χ1) is 12.1. The number of nitrogens with zero attached hydrogens (tertiary/aromatic N) is 3. The van der Waals surface area contributed by atoms with Crippen LogP contribution in [0.1, 0.15) is 28.0 Å². The summed E-state index contributed by atoms with van der Waals surface area (Å²) in [6.45, 7) is 3.90. The normalized spacial score (nSPS) is 18.0. The third-order valence-corrected chi connectivity index (χ3v) is 5.07. The van der Waals surface area contributed by atoms with Crippen LogP contribution in [0, 0.1) is 6.92 Å². The second-order valence-electron chi connectivity index (χ2n) is 6.29. The van der Waals surface area contributed by atoms with E-state index in [4.69, 9.17) is 16.0 Å². The Kier molecular flexibility index (Phi) is 4.01. The van der Waals surface area contributed by atoms with E-state index in [0.29, 0.717) is 29.5 Å². The molecule has 0 aliphatic carbocycles. The molecular weight excluding hydrogens is 340 g/mol. The molecule has 2 aromatic heterocycles. The van der Waals surface area contributed by atoms with Crippen LogP contribution in [0.15, 0.2) is 35.0 Å². The van der Waals surface area contributed by atoms with Crippen LogP contribution in [0.25, 0.3) is 11.0 Å². The summed E-state index contributed by atoms with van der Waals surface area (Å²) in [5.74, 6) is 1.08. The van der Waals surface area contributed by atoms with E-state index in [1.54, 1.807) is 12.3 Å². The van der Waals surface area contributed by atoms with Gasteiger partial charge in [-0.3, -0.25) is 4.79 Å². The molecule has 3 aromatic rings. The lowest BCUT2D eigenvalue weighted by atomic mass is 10.1. The van der Waals surface area contributed by atoms with Crippen molar-refractivity contribution in [2.75, 3.05) is 19.6 Å². The van der Waals surface area contributed by atoms with Crippen LogP contribution < -0.4 is 5.32 Å². The van der Waals surface area contributed by atoms with Gasteiger partial charge in [-0.2, -0.15) is 0 Å². The van der Waals surface area contributed by atoms with Crippen molar-refractivity contribution in [3.05, 3.63) is 52.8 Å². The van der Waals surface area contributed by atoms with E-state index in [-0.39, 0.29) is 11.9 Å². The highest BCUT2D eigenvalue weighted by atomic mass is 35.5. The zero-order chi connectivity index (χ0) is 17.6. The van der Waals surface area contributed by atoms with E-state index in [2.05, 4.69) is 10.3 Å². The second-order valence-corrected chi connectivity index (χ2v) is 6.69. The van der Waals surface area contributed by atoms with Gasteiger partial charge in [0.15, 0.2) is 11.3 Å². The first kappa shape index (κ1) is 16.2. The number of aryl methyl sites for hydroxylation is 2. The molecule has 0 saturated carbocycles. The highest BCUT2D eigenvalue weighted by Crippen LogP contribution is 2.32. The van der Waals surface area contributed by atoms with E-state index in [1.165, 1.54) is 0 Å². The molecule has 0 radical (unpaired) electrons. The van der Waals surface area contributed by atoms with Gasteiger partial charge < -0.3 is 19.2 Å². The van der Waals surface area contributed by atoms with Gasteiger partial charge in [-0.1, -0.05) is 23.7 Å². The second kappa shape index (κ2) is 6.20.